The van der Waals surface area contributed by atoms with E-state index in [0.717, 1.165) is 33.6 Å². The molecule has 210 valence electrons. The van der Waals surface area contributed by atoms with E-state index in [0.29, 0.717) is 43.7 Å². The van der Waals surface area contributed by atoms with Crippen LogP contribution in [-0.4, -0.2) is 59.1 Å². The van der Waals surface area contributed by atoms with Gasteiger partial charge in [-0.1, -0.05) is 30.3 Å². The molecule has 1 aliphatic heterocycles. The van der Waals surface area contributed by atoms with Crippen molar-refractivity contribution < 1.29 is 33.7 Å². The monoisotopic (exact) mass is 547 g/mol. The fourth-order valence-corrected chi connectivity index (χ4v) is 4.30. The summed E-state index contributed by atoms with van der Waals surface area (Å²) in [4.78, 5) is 10.5. The highest BCUT2D eigenvalue weighted by molar-refractivity contribution is 6.61. The van der Waals surface area contributed by atoms with Gasteiger partial charge in [-0.3, -0.25) is 0 Å². The lowest BCUT2D eigenvalue weighted by molar-refractivity contribution is 0.106. The third-order valence-electron chi connectivity index (χ3n) is 6.26. The smallest absolute Gasteiger partial charge is 0.494 e. The summed E-state index contributed by atoms with van der Waals surface area (Å²) in [5.41, 5.74) is 6.37. The summed E-state index contributed by atoms with van der Waals surface area (Å²) in [6, 6.07) is 13.5. The molecule has 2 heterocycles. The van der Waals surface area contributed by atoms with Crippen molar-refractivity contribution >= 4 is 12.6 Å². The number of nitrogens with zero attached hydrogens (tertiary/aromatic N) is 3. The summed E-state index contributed by atoms with van der Waals surface area (Å²) in [7, 11) is 0.598. The Bertz CT molecular complexity index is 1330. The summed E-state index contributed by atoms with van der Waals surface area (Å²) >= 11 is 0. The molecular formula is C29H34BN3O7. The highest BCUT2D eigenvalue weighted by Gasteiger charge is 2.29. The first kappa shape index (κ1) is 28.6. The van der Waals surface area contributed by atoms with Crippen molar-refractivity contribution in [3.63, 3.8) is 0 Å². The van der Waals surface area contributed by atoms with Crippen molar-refractivity contribution in [3.8, 4) is 22.9 Å². The molecule has 0 fully saturated rings. The molecular weight excluding hydrogens is 513 g/mol. The number of aliphatic hydroxyl groups excluding tert-OH is 2. The van der Waals surface area contributed by atoms with Crippen molar-refractivity contribution in [1.82, 2.24) is 14.9 Å². The maximum absolute atomic E-state index is 9.96. The van der Waals surface area contributed by atoms with E-state index in [9.17, 15) is 10.2 Å². The van der Waals surface area contributed by atoms with Crippen LogP contribution in [0, 0.1) is 20.8 Å². The van der Waals surface area contributed by atoms with Crippen molar-refractivity contribution in [2.45, 2.75) is 34.3 Å². The molecule has 0 aliphatic carbocycles. The van der Waals surface area contributed by atoms with Crippen LogP contribution >= 0.6 is 0 Å². The van der Waals surface area contributed by atoms with Crippen molar-refractivity contribution in [2.24, 2.45) is 0 Å². The van der Waals surface area contributed by atoms with Crippen LogP contribution in [0.25, 0.3) is 11.1 Å². The first-order chi connectivity index (χ1) is 19.2. The largest absolute Gasteiger partial charge is 0.636 e. The van der Waals surface area contributed by atoms with E-state index >= 15 is 0 Å². The number of hydrogen-bond donors (Lipinski definition) is 2. The number of aromatic nitrogens is 2. The lowest BCUT2D eigenvalue weighted by Crippen LogP contribution is -2.37. The zero-order valence-electron chi connectivity index (χ0n) is 23.4. The fraction of sp³-hybridized carbons (Fsp3) is 0.310. The molecule has 4 rings (SSSR count). The average Bonchev–Trinajstić information content (AvgIpc) is 2.90. The van der Waals surface area contributed by atoms with E-state index in [2.05, 4.69) is 23.0 Å². The number of ether oxygens (including phenoxy) is 3. The molecule has 0 saturated heterocycles. The molecule has 0 radical (unpaired) electrons. The summed E-state index contributed by atoms with van der Waals surface area (Å²) in [5.74, 6) is -0.0407. The maximum atomic E-state index is 9.96. The number of benzene rings is 2. The molecule has 0 unspecified atom stereocenters. The second kappa shape index (κ2) is 13.1. The fourth-order valence-electron chi connectivity index (χ4n) is 4.30. The molecule has 40 heavy (non-hydrogen) atoms. The van der Waals surface area contributed by atoms with Gasteiger partial charge in [0.25, 0.3) is 11.9 Å². The van der Waals surface area contributed by atoms with Crippen molar-refractivity contribution in [3.05, 3.63) is 89.3 Å². The minimum absolute atomic E-state index is 0.341. The first-order valence-electron chi connectivity index (χ1n) is 13.0. The first-order valence-corrected chi connectivity index (χ1v) is 13.0. The highest BCUT2D eigenvalue weighted by Crippen LogP contribution is 2.31. The third kappa shape index (κ3) is 7.18. The molecule has 0 atom stereocenters. The summed E-state index contributed by atoms with van der Waals surface area (Å²) in [6.07, 6.45) is 2.64. The van der Waals surface area contributed by atoms with E-state index in [1.807, 2.05) is 32.9 Å². The molecule has 1 aromatic heterocycles. The zero-order chi connectivity index (χ0) is 28.6. The van der Waals surface area contributed by atoms with Crippen LogP contribution < -0.4 is 14.9 Å². The Morgan fingerprint density at radius 1 is 0.875 bits per heavy atom. The van der Waals surface area contributed by atoms with Crippen LogP contribution in [0.5, 0.6) is 11.8 Å². The van der Waals surface area contributed by atoms with Gasteiger partial charge in [0.2, 0.25) is 0 Å². The van der Waals surface area contributed by atoms with Gasteiger partial charge in [0.1, 0.15) is 19.0 Å². The number of hydrogen-bond acceptors (Lipinski definition) is 10. The molecule has 0 saturated carbocycles. The summed E-state index contributed by atoms with van der Waals surface area (Å²) < 4.78 is 27.9. The van der Waals surface area contributed by atoms with E-state index < -0.39 is 7.12 Å². The Labute approximate surface area is 234 Å². The maximum Gasteiger partial charge on any atom is 0.636 e. The topological polar surface area (TPSA) is 116 Å². The lowest BCUT2D eigenvalue weighted by Gasteiger charge is -2.20. The van der Waals surface area contributed by atoms with Crippen molar-refractivity contribution in [1.29, 1.82) is 0 Å². The van der Waals surface area contributed by atoms with Crippen LogP contribution in [0.2, 0.25) is 0 Å². The van der Waals surface area contributed by atoms with E-state index in [1.54, 1.807) is 31.3 Å². The van der Waals surface area contributed by atoms with Crippen LogP contribution in [0.1, 0.15) is 29.4 Å². The van der Waals surface area contributed by atoms with Gasteiger partial charge in [0, 0.05) is 24.7 Å². The molecule has 0 amide bonds. The Balaban J connectivity index is 1.45. The Hall–Kier alpha value is -4.38. The third-order valence-corrected chi connectivity index (χ3v) is 6.26. The number of aliphatic hydroxyl groups is 2. The molecule has 0 bridgehead atoms. The molecule has 3 aromatic rings. The van der Waals surface area contributed by atoms with Gasteiger partial charge in [-0.05, 0) is 56.5 Å². The predicted octanol–water partition coefficient (Wildman–Crippen LogP) is 4.45. The lowest BCUT2D eigenvalue weighted by atomic mass is 9.79. The van der Waals surface area contributed by atoms with Gasteiger partial charge in [0.15, 0.2) is 0 Å². The van der Waals surface area contributed by atoms with Gasteiger partial charge in [-0.15, -0.1) is 0 Å². The molecule has 10 nitrogen and oxygen atoms in total. The molecule has 11 heteroatoms. The van der Waals surface area contributed by atoms with Crippen molar-refractivity contribution in [2.75, 3.05) is 26.9 Å². The van der Waals surface area contributed by atoms with E-state index in [-0.39, 0.29) is 11.9 Å². The standard InChI is InChI=1S/C29H34BN3O7/c1-6-36-14-15-37-29-31-20(3)28(21(4)32-29)25-9-7-8-22(19(25)2)18-38-24-12-10-23(11-13-24)30-39-26(34)16-33(5)17-27(35)40-30/h7-13,16-17,34-35H,6,14-15,18H2,1-5H3/b26-16-,27-17-. The van der Waals surface area contributed by atoms with Gasteiger partial charge >= 0.3 is 13.1 Å². The minimum atomic E-state index is -1.02. The normalized spacial score (nSPS) is 16.0. The Morgan fingerprint density at radius 3 is 2.15 bits per heavy atom. The Kier molecular flexibility index (Phi) is 9.39. The number of aryl methyl sites for hydroxylation is 2. The quantitative estimate of drug-likeness (QED) is 0.279. The second-order valence-corrected chi connectivity index (χ2v) is 9.21. The van der Waals surface area contributed by atoms with Gasteiger partial charge in [-0.2, -0.15) is 9.97 Å². The molecule has 2 aromatic carbocycles. The number of rotatable bonds is 10. The van der Waals surface area contributed by atoms with Crippen LogP contribution in [0.4, 0.5) is 0 Å². The molecule has 1 aliphatic rings. The van der Waals surface area contributed by atoms with E-state index in [4.69, 9.17) is 23.5 Å². The second-order valence-electron chi connectivity index (χ2n) is 9.21. The summed E-state index contributed by atoms with van der Waals surface area (Å²) in [6.45, 7) is 9.79. The van der Waals surface area contributed by atoms with Gasteiger partial charge < -0.3 is 38.6 Å². The van der Waals surface area contributed by atoms with Crippen LogP contribution in [0.3, 0.4) is 0 Å². The summed E-state index contributed by atoms with van der Waals surface area (Å²) in [5, 5.41) is 19.9. The molecule has 0 spiro atoms. The average molecular weight is 547 g/mol. The van der Waals surface area contributed by atoms with E-state index in [1.165, 1.54) is 17.3 Å². The van der Waals surface area contributed by atoms with Crippen LogP contribution in [-0.2, 0) is 20.7 Å². The highest BCUT2D eigenvalue weighted by atomic mass is 16.7. The van der Waals surface area contributed by atoms with Crippen LogP contribution in [0.15, 0.2) is 66.8 Å². The SMILES string of the molecule is CCOCCOc1nc(C)c(-c2cccc(COc3ccc(B4O/C(O)=C\N(C)/C=C(/O)O4)cc3)c2C)c(C)n1. The van der Waals surface area contributed by atoms with Gasteiger partial charge in [-0.25, -0.2) is 0 Å². The van der Waals surface area contributed by atoms with Gasteiger partial charge in [0.05, 0.1) is 30.4 Å². The minimum Gasteiger partial charge on any atom is -0.494 e. The Morgan fingerprint density at radius 2 is 1.52 bits per heavy atom. The zero-order valence-corrected chi connectivity index (χ0v) is 23.4. The molecule has 2 N–H and O–H groups in total. The predicted molar refractivity (Wildman–Crippen MR) is 151 cm³/mol.